The van der Waals surface area contributed by atoms with Crippen molar-refractivity contribution in [3.05, 3.63) is 76.1 Å². The zero-order chi connectivity index (χ0) is 33.6. The van der Waals surface area contributed by atoms with Crippen LogP contribution in [-0.4, -0.2) is 59.3 Å². The molecule has 3 aromatic heterocycles. The molecule has 4 aromatic rings. The second-order valence-corrected chi connectivity index (χ2v) is 14.6. The molecule has 3 aliphatic rings. The monoisotopic (exact) mass is 709 g/mol. The van der Waals surface area contributed by atoms with Gasteiger partial charge in [0.2, 0.25) is 11.8 Å². The van der Waals surface area contributed by atoms with Crippen molar-refractivity contribution < 1.29 is 14.4 Å². The van der Waals surface area contributed by atoms with E-state index in [0.29, 0.717) is 34.8 Å². The van der Waals surface area contributed by atoms with Gasteiger partial charge in [0.15, 0.2) is 5.78 Å². The third-order valence-corrected chi connectivity index (χ3v) is 10.6. The molecule has 10 nitrogen and oxygen atoms in total. The molecular weight excluding hydrogens is 670 g/mol. The maximum absolute atomic E-state index is 14.3. The Labute approximate surface area is 288 Å². The maximum Gasteiger partial charge on any atom is 0.248 e. The van der Waals surface area contributed by atoms with E-state index in [1.807, 2.05) is 25.1 Å². The molecule has 1 saturated carbocycles. The van der Waals surface area contributed by atoms with Gasteiger partial charge in [-0.3, -0.25) is 19.1 Å². The number of aromatic nitrogens is 5. The first kappa shape index (κ1) is 32.3. The fourth-order valence-corrected chi connectivity index (χ4v) is 7.75. The van der Waals surface area contributed by atoms with E-state index in [9.17, 15) is 14.4 Å². The first-order valence-electron chi connectivity index (χ1n) is 16.9. The standard InChI is InChI=1S/C37H40BrN7O3/c1-22(46)33-28-16-26(27-19-39-23(2)40-20-27)15-25-12-10-8-6-4-5-7-9-11-24-13-14-31(38)41-35(24)42-36(48)29-17-37(3)18-30(37)45(29)32(47)21-44(43-33)34(25)28/h7,9,13-16,19-20,29-30H,4-6,8,10-12,17-18,21H2,1-3H3,(H,41,42,48)/b9-7+/t29-,30+,37-/m0/s1. The molecule has 0 radical (unpaired) electrons. The highest BCUT2D eigenvalue weighted by Crippen LogP contribution is 2.59. The number of pyridine rings is 1. The van der Waals surface area contributed by atoms with Gasteiger partial charge < -0.3 is 10.2 Å². The molecule has 7 rings (SSSR count). The molecule has 11 heteroatoms. The van der Waals surface area contributed by atoms with Crippen molar-refractivity contribution in [1.82, 2.24) is 29.6 Å². The smallest absolute Gasteiger partial charge is 0.248 e. The number of aryl methyl sites for hydroxylation is 2. The highest BCUT2D eigenvalue weighted by Gasteiger charge is 2.64. The molecule has 2 aliphatic heterocycles. The SMILES string of the molecule is CC(=O)c1nn2c3c(cc(-c4cnc(C)nc4)cc13)CCCCCC/C=C/Cc1ccc(Br)nc1NC(=O)[C@@H]1C[C@@]3(C)C[C@H]3N1C(=O)C2. The Balaban J connectivity index is 1.29. The van der Waals surface area contributed by atoms with Crippen molar-refractivity contribution >= 4 is 50.2 Å². The molecule has 1 aliphatic carbocycles. The van der Waals surface area contributed by atoms with Gasteiger partial charge in [-0.1, -0.05) is 38.0 Å². The molecule has 2 amide bonds. The summed E-state index contributed by atoms with van der Waals surface area (Å²) in [5.41, 5.74) is 4.76. The van der Waals surface area contributed by atoms with Gasteiger partial charge in [-0.15, -0.1) is 0 Å². The van der Waals surface area contributed by atoms with Gasteiger partial charge in [0.1, 0.15) is 34.5 Å². The largest absolute Gasteiger partial charge is 0.325 e. The van der Waals surface area contributed by atoms with Crippen molar-refractivity contribution in [1.29, 1.82) is 0 Å². The summed E-state index contributed by atoms with van der Waals surface area (Å²) < 4.78 is 2.33. The summed E-state index contributed by atoms with van der Waals surface area (Å²) in [5, 5.41) is 8.55. The Morgan fingerprint density at radius 1 is 1.00 bits per heavy atom. The van der Waals surface area contributed by atoms with Crippen molar-refractivity contribution in [3.63, 3.8) is 0 Å². The third-order valence-electron chi connectivity index (χ3n) is 10.1. The van der Waals surface area contributed by atoms with Crippen LogP contribution in [0.1, 0.15) is 86.2 Å². The van der Waals surface area contributed by atoms with Crippen molar-refractivity contribution in [2.24, 2.45) is 5.41 Å². The lowest BCUT2D eigenvalue weighted by Gasteiger charge is -2.27. The average molecular weight is 711 g/mol. The minimum absolute atomic E-state index is 0.0156. The molecule has 0 bridgehead atoms. The Morgan fingerprint density at radius 2 is 1.79 bits per heavy atom. The highest BCUT2D eigenvalue weighted by atomic mass is 79.9. The number of piperidine rings is 1. The first-order chi connectivity index (χ1) is 23.1. The number of ketones is 1. The Bertz CT molecular complexity index is 1950. The first-order valence-corrected chi connectivity index (χ1v) is 17.7. The number of amides is 2. The van der Waals surface area contributed by atoms with Crippen LogP contribution in [0, 0.1) is 12.3 Å². The van der Waals surface area contributed by atoms with Gasteiger partial charge in [0.25, 0.3) is 0 Å². The lowest BCUT2D eigenvalue weighted by Crippen LogP contribution is -2.47. The summed E-state index contributed by atoms with van der Waals surface area (Å²) in [7, 11) is 0. The minimum Gasteiger partial charge on any atom is -0.325 e. The topological polar surface area (TPSA) is 123 Å². The van der Waals surface area contributed by atoms with E-state index < -0.39 is 6.04 Å². The van der Waals surface area contributed by atoms with Crippen LogP contribution < -0.4 is 5.32 Å². The molecule has 2 fully saturated rings. The number of halogens is 1. The lowest BCUT2D eigenvalue weighted by molar-refractivity contribution is -0.138. The third kappa shape index (κ3) is 6.32. The van der Waals surface area contributed by atoms with E-state index in [2.05, 4.69) is 61.3 Å². The summed E-state index contributed by atoms with van der Waals surface area (Å²) in [4.78, 5) is 56.4. The van der Waals surface area contributed by atoms with Gasteiger partial charge in [-0.25, -0.2) is 15.0 Å². The summed E-state index contributed by atoms with van der Waals surface area (Å²) in [6.07, 6.45) is 16.0. The second kappa shape index (κ2) is 13.0. The van der Waals surface area contributed by atoms with Crippen LogP contribution in [0.15, 0.2) is 53.4 Å². The Hall–Kier alpha value is -4.25. The van der Waals surface area contributed by atoms with Crippen LogP contribution >= 0.6 is 15.9 Å². The van der Waals surface area contributed by atoms with Crippen molar-refractivity contribution in [2.45, 2.75) is 97.2 Å². The van der Waals surface area contributed by atoms with Crippen LogP contribution in [0.3, 0.4) is 0 Å². The number of fused-ring (bicyclic) bond motifs is 4. The maximum atomic E-state index is 14.3. The van der Waals surface area contributed by atoms with Crippen molar-refractivity contribution in [2.75, 3.05) is 5.32 Å². The normalized spacial score (nSPS) is 24.0. The van der Waals surface area contributed by atoms with Crippen LogP contribution in [0.25, 0.3) is 22.0 Å². The summed E-state index contributed by atoms with van der Waals surface area (Å²) in [6.45, 7) is 5.44. The van der Waals surface area contributed by atoms with E-state index in [1.54, 1.807) is 22.0 Å². The molecule has 5 heterocycles. The quantitative estimate of drug-likeness (QED) is 0.138. The number of Topliss-reactive ketones (excluding diaryl/α,β-unsaturated/α-hetero) is 1. The number of nitrogens with zero attached hydrogens (tertiary/aromatic N) is 6. The van der Waals surface area contributed by atoms with E-state index in [-0.39, 0.29) is 35.6 Å². The zero-order valence-corrected chi connectivity index (χ0v) is 29.2. The number of carbonyl (C=O) groups excluding carboxylic acids is 3. The van der Waals surface area contributed by atoms with Crippen LogP contribution in [-0.2, 0) is 29.0 Å². The van der Waals surface area contributed by atoms with Gasteiger partial charge in [-0.2, -0.15) is 5.10 Å². The molecule has 3 atom stereocenters. The Morgan fingerprint density at radius 3 is 2.58 bits per heavy atom. The highest BCUT2D eigenvalue weighted by molar-refractivity contribution is 9.10. The number of hydrogen-bond acceptors (Lipinski definition) is 7. The van der Waals surface area contributed by atoms with Gasteiger partial charge in [-0.05, 0) is 108 Å². The van der Waals surface area contributed by atoms with Gasteiger partial charge in [0.05, 0.1) is 5.52 Å². The van der Waals surface area contributed by atoms with Gasteiger partial charge >= 0.3 is 0 Å². The molecule has 248 valence electrons. The molecule has 48 heavy (non-hydrogen) atoms. The second-order valence-electron chi connectivity index (χ2n) is 13.8. The number of nitrogens with one attached hydrogen (secondary N) is 1. The fourth-order valence-electron chi connectivity index (χ4n) is 7.44. The summed E-state index contributed by atoms with van der Waals surface area (Å²) >= 11 is 3.46. The van der Waals surface area contributed by atoms with E-state index in [0.717, 1.165) is 78.1 Å². The fraction of sp³-hybridized carbons (Fsp3) is 0.432. The zero-order valence-electron chi connectivity index (χ0n) is 27.6. The summed E-state index contributed by atoms with van der Waals surface area (Å²) in [6, 6.07) is 7.31. The number of rotatable bonds is 2. The number of anilines is 1. The lowest BCUT2D eigenvalue weighted by atomic mass is 9.96. The van der Waals surface area contributed by atoms with E-state index >= 15 is 0 Å². The number of carbonyl (C=O) groups is 3. The predicted octanol–water partition coefficient (Wildman–Crippen LogP) is 6.79. The van der Waals surface area contributed by atoms with Gasteiger partial charge in [0, 0.05) is 36.3 Å². The number of hydrogen-bond donors (Lipinski definition) is 1. The van der Waals surface area contributed by atoms with Crippen LogP contribution in [0.5, 0.6) is 0 Å². The van der Waals surface area contributed by atoms with Crippen LogP contribution in [0.4, 0.5) is 5.82 Å². The molecule has 0 unspecified atom stereocenters. The number of benzene rings is 1. The molecular formula is C37H40BrN7O3. The number of allylic oxidation sites excluding steroid dienone is 2. The van der Waals surface area contributed by atoms with E-state index in [1.165, 1.54) is 6.92 Å². The molecule has 0 spiro atoms. The molecule has 1 aromatic carbocycles. The Kier molecular flexibility index (Phi) is 8.74. The van der Waals surface area contributed by atoms with Crippen molar-refractivity contribution in [3.8, 4) is 11.1 Å². The predicted molar refractivity (Wildman–Crippen MR) is 187 cm³/mol. The molecule has 1 N–H and O–H groups in total. The van der Waals surface area contributed by atoms with Crippen LogP contribution in [0.2, 0.25) is 0 Å². The molecule has 1 saturated heterocycles. The average Bonchev–Trinajstić information content (AvgIpc) is 3.41. The summed E-state index contributed by atoms with van der Waals surface area (Å²) in [5.74, 6) is 0.615. The van der Waals surface area contributed by atoms with E-state index in [4.69, 9.17) is 5.10 Å². The minimum atomic E-state index is -0.627.